The van der Waals surface area contributed by atoms with Gasteiger partial charge in [-0.25, -0.2) is 4.98 Å². The van der Waals surface area contributed by atoms with Crippen LogP contribution in [0.2, 0.25) is 0 Å². The van der Waals surface area contributed by atoms with E-state index in [1.807, 2.05) is 0 Å². The van der Waals surface area contributed by atoms with E-state index in [1.54, 1.807) is 0 Å². The minimum atomic E-state index is 0.410. The second-order valence-corrected chi connectivity index (χ2v) is 6.26. The summed E-state index contributed by atoms with van der Waals surface area (Å²) < 4.78 is 0. The van der Waals surface area contributed by atoms with Crippen LogP contribution >= 0.6 is 0 Å². The Morgan fingerprint density at radius 3 is 2.47 bits per heavy atom. The highest BCUT2D eigenvalue weighted by Gasteiger charge is 2.30. The van der Waals surface area contributed by atoms with E-state index in [0.717, 1.165) is 5.82 Å². The zero-order valence-electron chi connectivity index (χ0n) is 12.4. The Balaban J connectivity index is 2.12. The lowest BCUT2D eigenvalue weighted by atomic mass is 9.95. The van der Waals surface area contributed by atoms with Crippen molar-refractivity contribution in [3.63, 3.8) is 0 Å². The van der Waals surface area contributed by atoms with Gasteiger partial charge in [0, 0.05) is 17.4 Å². The van der Waals surface area contributed by atoms with Crippen molar-refractivity contribution in [1.82, 2.24) is 9.97 Å². The molecule has 1 aromatic heterocycles. The molecular weight excluding hydrogens is 232 g/mol. The molecule has 2 heteroatoms. The summed E-state index contributed by atoms with van der Waals surface area (Å²) in [7, 11) is 0. The van der Waals surface area contributed by atoms with Crippen molar-refractivity contribution < 1.29 is 0 Å². The lowest BCUT2D eigenvalue weighted by Gasteiger charge is -2.11. The van der Waals surface area contributed by atoms with Crippen molar-refractivity contribution in [2.75, 3.05) is 0 Å². The van der Waals surface area contributed by atoms with Crippen molar-refractivity contribution in [1.29, 1.82) is 0 Å². The monoisotopic (exact) mass is 254 g/mol. The van der Waals surface area contributed by atoms with Gasteiger partial charge in [-0.2, -0.15) is 0 Å². The van der Waals surface area contributed by atoms with Gasteiger partial charge in [-0.05, 0) is 17.0 Å². The molecule has 0 fully saturated rings. The first-order valence-electron chi connectivity index (χ1n) is 7.23. The molecule has 1 unspecified atom stereocenters. The van der Waals surface area contributed by atoms with Gasteiger partial charge in [0.25, 0.3) is 0 Å². The lowest BCUT2D eigenvalue weighted by molar-refractivity contribution is 0.778. The molecular formula is C17H22N2. The highest BCUT2D eigenvalue weighted by atomic mass is 15.0. The Labute approximate surface area is 115 Å². The average Bonchev–Trinajstić information content (AvgIpc) is 2.90. The smallest absolute Gasteiger partial charge is 0.109 e. The van der Waals surface area contributed by atoms with Gasteiger partial charge in [0.05, 0.1) is 11.4 Å². The molecule has 0 amide bonds. The predicted octanol–water partition coefficient (Wildman–Crippen LogP) is 4.79. The van der Waals surface area contributed by atoms with E-state index in [4.69, 9.17) is 4.98 Å². The van der Waals surface area contributed by atoms with E-state index in [1.165, 1.54) is 28.1 Å². The maximum Gasteiger partial charge on any atom is 0.109 e. The normalized spacial score (nSPS) is 17.1. The van der Waals surface area contributed by atoms with Crippen LogP contribution in [0, 0.1) is 0 Å². The summed E-state index contributed by atoms with van der Waals surface area (Å²) in [6, 6.07) is 6.87. The number of imidazole rings is 1. The molecule has 100 valence electrons. The van der Waals surface area contributed by atoms with Crippen molar-refractivity contribution >= 4 is 0 Å². The first kappa shape index (κ1) is 12.5. The van der Waals surface area contributed by atoms with Gasteiger partial charge in [0.1, 0.15) is 5.82 Å². The van der Waals surface area contributed by atoms with Crippen LogP contribution in [0.15, 0.2) is 18.2 Å². The fourth-order valence-corrected chi connectivity index (χ4v) is 2.87. The van der Waals surface area contributed by atoms with Gasteiger partial charge in [-0.1, -0.05) is 52.8 Å². The number of fused-ring (bicyclic) bond motifs is 3. The Morgan fingerprint density at radius 1 is 1.11 bits per heavy atom. The molecule has 2 nitrogen and oxygen atoms in total. The maximum absolute atomic E-state index is 4.80. The van der Waals surface area contributed by atoms with Gasteiger partial charge in [0.2, 0.25) is 0 Å². The zero-order valence-corrected chi connectivity index (χ0v) is 12.4. The number of hydrogen-bond donors (Lipinski definition) is 1. The van der Waals surface area contributed by atoms with E-state index in [2.05, 4.69) is 57.8 Å². The van der Waals surface area contributed by atoms with Crippen molar-refractivity contribution in [3.8, 4) is 11.3 Å². The third kappa shape index (κ3) is 1.81. The molecule has 1 N–H and O–H groups in total. The van der Waals surface area contributed by atoms with Crippen LogP contribution in [-0.4, -0.2) is 9.97 Å². The van der Waals surface area contributed by atoms with Crippen LogP contribution in [0.1, 0.15) is 75.0 Å². The third-order valence-electron chi connectivity index (χ3n) is 4.19. The Morgan fingerprint density at radius 2 is 1.84 bits per heavy atom. The lowest BCUT2D eigenvalue weighted by Crippen LogP contribution is -1.97. The fourth-order valence-electron chi connectivity index (χ4n) is 2.87. The molecule has 0 bridgehead atoms. The predicted molar refractivity (Wildman–Crippen MR) is 79.7 cm³/mol. The van der Waals surface area contributed by atoms with Crippen LogP contribution in [-0.2, 0) is 0 Å². The molecule has 1 atom stereocenters. The number of H-pyrrole nitrogens is 1. The molecule has 19 heavy (non-hydrogen) atoms. The van der Waals surface area contributed by atoms with E-state index in [-0.39, 0.29) is 0 Å². The third-order valence-corrected chi connectivity index (χ3v) is 4.19. The second-order valence-electron chi connectivity index (χ2n) is 6.26. The summed E-state index contributed by atoms with van der Waals surface area (Å²) in [6.07, 6.45) is 0. The number of nitrogens with one attached hydrogen (secondary N) is 1. The molecule has 1 aliphatic carbocycles. The molecule has 1 heterocycles. The number of hydrogen-bond acceptors (Lipinski definition) is 1. The number of aromatic amines is 1. The Hall–Kier alpha value is -1.57. The summed E-state index contributed by atoms with van der Waals surface area (Å²) >= 11 is 0. The van der Waals surface area contributed by atoms with Crippen LogP contribution in [0.4, 0.5) is 0 Å². The summed E-state index contributed by atoms with van der Waals surface area (Å²) in [4.78, 5) is 8.32. The van der Waals surface area contributed by atoms with E-state index >= 15 is 0 Å². The summed E-state index contributed by atoms with van der Waals surface area (Å²) in [5.74, 6) is 2.55. The second kappa shape index (κ2) is 4.22. The first-order valence-corrected chi connectivity index (χ1v) is 7.23. The van der Waals surface area contributed by atoms with E-state index in [0.29, 0.717) is 17.8 Å². The maximum atomic E-state index is 4.80. The standard InChI is InChI=1S/C17H22N2/c1-9(2)12-6-7-13-14(8-12)11(5)15-16(13)19-17(18-15)10(3)4/h6-11H,1-5H3,(H,18,19). The number of aromatic nitrogens is 2. The highest BCUT2D eigenvalue weighted by molar-refractivity contribution is 5.75. The number of benzene rings is 1. The molecule has 2 aromatic rings. The van der Waals surface area contributed by atoms with E-state index < -0.39 is 0 Å². The fraction of sp³-hybridized carbons (Fsp3) is 0.471. The molecule has 0 saturated carbocycles. The average molecular weight is 254 g/mol. The minimum Gasteiger partial charge on any atom is -0.342 e. The molecule has 3 rings (SSSR count). The van der Waals surface area contributed by atoms with Crippen LogP contribution in [0.3, 0.4) is 0 Å². The molecule has 0 aliphatic heterocycles. The van der Waals surface area contributed by atoms with Gasteiger partial charge < -0.3 is 4.98 Å². The van der Waals surface area contributed by atoms with Gasteiger partial charge in [-0.3, -0.25) is 0 Å². The number of nitrogens with zero attached hydrogens (tertiary/aromatic N) is 1. The van der Waals surface area contributed by atoms with Crippen molar-refractivity contribution in [3.05, 3.63) is 40.8 Å². The first-order chi connectivity index (χ1) is 8.99. The molecule has 1 aromatic carbocycles. The molecule has 0 saturated heterocycles. The highest BCUT2D eigenvalue weighted by Crippen LogP contribution is 2.44. The zero-order chi connectivity index (χ0) is 13.7. The number of rotatable bonds is 2. The van der Waals surface area contributed by atoms with Crippen LogP contribution < -0.4 is 0 Å². The summed E-state index contributed by atoms with van der Waals surface area (Å²) in [5.41, 5.74) is 6.64. The largest absolute Gasteiger partial charge is 0.342 e. The Bertz CT molecular complexity index is 620. The minimum absolute atomic E-state index is 0.410. The van der Waals surface area contributed by atoms with Crippen molar-refractivity contribution in [2.45, 2.75) is 52.4 Å². The Kier molecular flexibility index (Phi) is 2.77. The topological polar surface area (TPSA) is 28.7 Å². The SMILES string of the molecule is CC(C)c1ccc2c(c1)C(C)c1nc(C(C)C)[nH]c1-2. The molecule has 0 spiro atoms. The van der Waals surface area contributed by atoms with Crippen LogP contribution in [0.5, 0.6) is 0 Å². The van der Waals surface area contributed by atoms with Gasteiger partial charge in [-0.15, -0.1) is 0 Å². The quantitative estimate of drug-likeness (QED) is 0.820. The van der Waals surface area contributed by atoms with Crippen molar-refractivity contribution in [2.24, 2.45) is 0 Å². The molecule has 1 aliphatic rings. The van der Waals surface area contributed by atoms with E-state index in [9.17, 15) is 0 Å². The van der Waals surface area contributed by atoms with Gasteiger partial charge in [0.15, 0.2) is 0 Å². The summed E-state index contributed by atoms with van der Waals surface area (Å²) in [5, 5.41) is 0. The van der Waals surface area contributed by atoms with Gasteiger partial charge >= 0.3 is 0 Å². The summed E-state index contributed by atoms with van der Waals surface area (Å²) in [6.45, 7) is 11.1. The molecule has 0 radical (unpaired) electrons. The van der Waals surface area contributed by atoms with Crippen LogP contribution in [0.25, 0.3) is 11.3 Å².